The van der Waals surface area contributed by atoms with Crippen LogP contribution in [-0.2, 0) is 10.3 Å². The molecule has 0 saturated heterocycles. The topological polar surface area (TPSA) is 42.6 Å². The van der Waals surface area contributed by atoms with Crippen molar-refractivity contribution in [3.05, 3.63) is 60.1 Å². The highest BCUT2D eigenvalue weighted by Crippen LogP contribution is 2.29. The third-order valence-electron chi connectivity index (χ3n) is 2.53. The zero-order chi connectivity index (χ0) is 11.4. The predicted octanol–water partition coefficient (Wildman–Crippen LogP) is 2.16. The van der Waals surface area contributed by atoms with Gasteiger partial charge in [0.1, 0.15) is 5.76 Å². The molecule has 16 heavy (non-hydrogen) atoms. The van der Waals surface area contributed by atoms with Gasteiger partial charge < -0.3 is 14.3 Å². The molecule has 3 heteroatoms. The molecule has 2 aromatic rings. The minimum absolute atomic E-state index is 0.157. The molecule has 1 atom stereocenters. The van der Waals surface area contributed by atoms with Crippen molar-refractivity contribution in [1.82, 2.24) is 0 Å². The van der Waals surface area contributed by atoms with Gasteiger partial charge in [-0.15, -0.1) is 0 Å². The van der Waals surface area contributed by atoms with Crippen LogP contribution >= 0.6 is 0 Å². The van der Waals surface area contributed by atoms with Crippen LogP contribution in [0.3, 0.4) is 0 Å². The fourth-order valence-electron chi connectivity index (χ4n) is 1.73. The van der Waals surface area contributed by atoms with Gasteiger partial charge in [0, 0.05) is 7.11 Å². The maximum absolute atomic E-state index is 10.6. The van der Waals surface area contributed by atoms with Crippen molar-refractivity contribution in [1.29, 1.82) is 0 Å². The molecule has 2 rings (SSSR count). The summed E-state index contributed by atoms with van der Waals surface area (Å²) in [5.41, 5.74) is -0.466. The van der Waals surface area contributed by atoms with E-state index in [1.165, 1.54) is 0 Å². The van der Waals surface area contributed by atoms with Gasteiger partial charge >= 0.3 is 0 Å². The SMILES string of the molecule is COCC(O)(c1ccccc1)c1ccco1. The van der Waals surface area contributed by atoms with Crippen LogP contribution in [0.1, 0.15) is 11.3 Å². The molecular formula is C13H14O3. The lowest BCUT2D eigenvalue weighted by Crippen LogP contribution is -2.32. The Morgan fingerprint density at radius 1 is 1.19 bits per heavy atom. The summed E-state index contributed by atoms with van der Waals surface area (Å²) in [6.45, 7) is 0.157. The summed E-state index contributed by atoms with van der Waals surface area (Å²) in [6, 6.07) is 12.8. The van der Waals surface area contributed by atoms with Gasteiger partial charge in [0.2, 0.25) is 0 Å². The Hall–Kier alpha value is -1.58. The van der Waals surface area contributed by atoms with Crippen molar-refractivity contribution >= 4 is 0 Å². The van der Waals surface area contributed by atoms with Gasteiger partial charge in [-0.1, -0.05) is 30.3 Å². The number of hydrogen-bond donors (Lipinski definition) is 1. The number of methoxy groups -OCH3 is 1. The molecule has 1 aromatic heterocycles. The van der Waals surface area contributed by atoms with Crippen molar-refractivity contribution in [2.75, 3.05) is 13.7 Å². The lowest BCUT2D eigenvalue weighted by atomic mass is 9.92. The standard InChI is InChI=1S/C13H14O3/c1-15-10-13(14,12-8-5-9-16-12)11-6-3-2-4-7-11/h2-9,14H,10H2,1H3. The fraction of sp³-hybridized carbons (Fsp3) is 0.231. The first kappa shape index (κ1) is 10.9. The maximum atomic E-state index is 10.6. The number of furan rings is 1. The van der Waals surface area contributed by atoms with Crippen molar-refractivity contribution in [3.8, 4) is 0 Å². The Labute approximate surface area is 94.3 Å². The van der Waals surface area contributed by atoms with Crippen molar-refractivity contribution in [2.45, 2.75) is 5.60 Å². The average Bonchev–Trinajstić information content (AvgIpc) is 2.84. The molecule has 0 aliphatic rings. The van der Waals surface area contributed by atoms with E-state index in [2.05, 4.69) is 0 Å². The van der Waals surface area contributed by atoms with Crippen LogP contribution in [0.4, 0.5) is 0 Å². The minimum atomic E-state index is -1.22. The van der Waals surface area contributed by atoms with E-state index in [1.807, 2.05) is 30.3 Å². The highest BCUT2D eigenvalue weighted by atomic mass is 16.5. The monoisotopic (exact) mass is 218 g/mol. The van der Waals surface area contributed by atoms with Crippen LogP contribution < -0.4 is 0 Å². The summed E-state index contributed by atoms with van der Waals surface area (Å²) in [7, 11) is 1.55. The van der Waals surface area contributed by atoms with Crippen LogP contribution in [0.5, 0.6) is 0 Å². The summed E-state index contributed by atoms with van der Waals surface area (Å²) in [6.07, 6.45) is 1.54. The first-order valence-electron chi connectivity index (χ1n) is 5.08. The van der Waals surface area contributed by atoms with E-state index >= 15 is 0 Å². The molecule has 0 aliphatic carbocycles. The summed E-state index contributed by atoms with van der Waals surface area (Å²) in [4.78, 5) is 0. The number of hydrogen-bond acceptors (Lipinski definition) is 3. The summed E-state index contributed by atoms with van der Waals surface area (Å²) >= 11 is 0. The Kier molecular flexibility index (Phi) is 3.08. The average molecular weight is 218 g/mol. The number of aliphatic hydroxyl groups is 1. The molecule has 0 spiro atoms. The Balaban J connectivity index is 2.44. The second kappa shape index (κ2) is 4.51. The van der Waals surface area contributed by atoms with Gasteiger partial charge in [0.15, 0.2) is 5.60 Å². The molecule has 84 valence electrons. The van der Waals surface area contributed by atoms with Crippen molar-refractivity contribution < 1.29 is 14.3 Å². The van der Waals surface area contributed by atoms with Crippen LogP contribution in [-0.4, -0.2) is 18.8 Å². The van der Waals surface area contributed by atoms with Gasteiger partial charge in [0.05, 0.1) is 12.9 Å². The fourth-order valence-corrected chi connectivity index (χ4v) is 1.73. The molecule has 0 aliphatic heterocycles. The molecule has 0 amide bonds. The summed E-state index contributed by atoms with van der Waals surface area (Å²) in [5.74, 6) is 0.487. The van der Waals surface area contributed by atoms with Crippen LogP contribution in [0.2, 0.25) is 0 Å². The third kappa shape index (κ3) is 1.87. The number of ether oxygens (including phenoxy) is 1. The molecule has 0 fully saturated rings. The third-order valence-corrected chi connectivity index (χ3v) is 2.53. The number of benzene rings is 1. The molecule has 0 radical (unpaired) electrons. The summed E-state index contributed by atoms with van der Waals surface area (Å²) < 4.78 is 10.4. The zero-order valence-corrected chi connectivity index (χ0v) is 9.09. The molecule has 1 aromatic carbocycles. The minimum Gasteiger partial charge on any atom is -0.466 e. The van der Waals surface area contributed by atoms with E-state index < -0.39 is 5.60 Å². The van der Waals surface area contributed by atoms with Crippen LogP contribution in [0.25, 0.3) is 0 Å². The zero-order valence-electron chi connectivity index (χ0n) is 9.09. The van der Waals surface area contributed by atoms with Gasteiger partial charge in [-0.25, -0.2) is 0 Å². The van der Waals surface area contributed by atoms with Crippen molar-refractivity contribution in [2.24, 2.45) is 0 Å². The lowest BCUT2D eigenvalue weighted by molar-refractivity contribution is -0.0183. The smallest absolute Gasteiger partial charge is 0.170 e. The molecule has 1 heterocycles. The second-order valence-corrected chi connectivity index (χ2v) is 3.64. The Morgan fingerprint density at radius 2 is 1.94 bits per heavy atom. The largest absolute Gasteiger partial charge is 0.466 e. The molecule has 0 bridgehead atoms. The second-order valence-electron chi connectivity index (χ2n) is 3.64. The van der Waals surface area contributed by atoms with Crippen LogP contribution in [0, 0.1) is 0 Å². The molecule has 0 saturated carbocycles. The van der Waals surface area contributed by atoms with Gasteiger partial charge in [0.25, 0.3) is 0 Å². The van der Waals surface area contributed by atoms with Gasteiger partial charge in [-0.2, -0.15) is 0 Å². The predicted molar refractivity (Wildman–Crippen MR) is 60.0 cm³/mol. The quantitative estimate of drug-likeness (QED) is 0.855. The lowest BCUT2D eigenvalue weighted by Gasteiger charge is -2.25. The van der Waals surface area contributed by atoms with E-state index in [0.29, 0.717) is 5.76 Å². The van der Waals surface area contributed by atoms with Crippen molar-refractivity contribution in [3.63, 3.8) is 0 Å². The molecule has 1 N–H and O–H groups in total. The van der Waals surface area contributed by atoms with E-state index in [4.69, 9.17) is 9.15 Å². The normalized spacial score (nSPS) is 14.6. The first-order chi connectivity index (χ1) is 7.77. The number of rotatable bonds is 4. The Morgan fingerprint density at radius 3 is 2.50 bits per heavy atom. The Bertz CT molecular complexity index is 422. The highest BCUT2D eigenvalue weighted by molar-refractivity contribution is 5.31. The molecule has 1 unspecified atom stereocenters. The molecule has 3 nitrogen and oxygen atoms in total. The maximum Gasteiger partial charge on any atom is 0.170 e. The van der Waals surface area contributed by atoms with E-state index in [9.17, 15) is 5.11 Å². The summed E-state index contributed by atoms with van der Waals surface area (Å²) in [5, 5.41) is 10.6. The van der Waals surface area contributed by atoms with Gasteiger partial charge in [-0.3, -0.25) is 0 Å². The van der Waals surface area contributed by atoms with Gasteiger partial charge in [-0.05, 0) is 17.7 Å². The van der Waals surface area contributed by atoms with E-state index in [0.717, 1.165) is 5.56 Å². The highest BCUT2D eigenvalue weighted by Gasteiger charge is 2.34. The molecular weight excluding hydrogens is 204 g/mol. The van der Waals surface area contributed by atoms with E-state index in [1.54, 1.807) is 25.5 Å². The van der Waals surface area contributed by atoms with Crippen LogP contribution in [0.15, 0.2) is 53.1 Å². The first-order valence-corrected chi connectivity index (χ1v) is 5.08. The van der Waals surface area contributed by atoms with E-state index in [-0.39, 0.29) is 6.61 Å².